The molecule has 1 aliphatic rings. The van der Waals surface area contributed by atoms with E-state index in [1.807, 2.05) is 18.5 Å². The van der Waals surface area contributed by atoms with E-state index in [2.05, 4.69) is 22.4 Å². The summed E-state index contributed by atoms with van der Waals surface area (Å²) >= 11 is 0. The molecule has 0 radical (unpaired) electrons. The van der Waals surface area contributed by atoms with Gasteiger partial charge < -0.3 is 10.1 Å². The highest BCUT2D eigenvalue weighted by Crippen LogP contribution is 2.21. The van der Waals surface area contributed by atoms with E-state index in [1.165, 1.54) is 4.68 Å². The van der Waals surface area contributed by atoms with Crippen molar-refractivity contribution in [3.05, 3.63) is 33.3 Å². The number of nitrogens with one attached hydrogen (secondary N) is 1. The molecule has 9 nitrogen and oxygen atoms in total. The number of carbonyl (C=O) groups excluding carboxylic acids is 1. The maximum Gasteiger partial charge on any atom is 0.345 e. The summed E-state index contributed by atoms with van der Waals surface area (Å²) in [6.07, 6.45) is 2.86. The van der Waals surface area contributed by atoms with Crippen molar-refractivity contribution in [3.63, 3.8) is 0 Å². The van der Waals surface area contributed by atoms with E-state index in [0.29, 0.717) is 39.1 Å². The number of amides is 1. The number of ether oxygens (including phenoxy) is 1. The molecule has 29 heavy (non-hydrogen) atoms. The molecule has 0 bridgehead atoms. The molecule has 1 amide bonds. The molecule has 1 unspecified atom stereocenters. The zero-order valence-corrected chi connectivity index (χ0v) is 17.9. The molecule has 0 aliphatic carbocycles. The summed E-state index contributed by atoms with van der Waals surface area (Å²) in [6, 6.07) is 0. The van der Waals surface area contributed by atoms with E-state index < -0.39 is 0 Å². The Morgan fingerprint density at radius 3 is 2.72 bits per heavy atom. The van der Waals surface area contributed by atoms with Gasteiger partial charge in [-0.15, -0.1) is 0 Å². The first-order valence-corrected chi connectivity index (χ1v) is 10.4. The van der Waals surface area contributed by atoms with Crippen LogP contribution >= 0.6 is 0 Å². The maximum atomic E-state index is 12.5. The molecule has 1 atom stereocenters. The predicted octanol–water partition coefficient (Wildman–Crippen LogP) is 1.18. The lowest BCUT2D eigenvalue weighted by Gasteiger charge is -2.14. The minimum absolute atomic E-state index is 0.0510. The lowest BCUT2D eigenvalue weighted by Crippen LogP contribution is -2.28. The Morgan fingerprint density at radius 1 is 1.24 bits per heavy atom. The Balaban J connectivity index is 1.53. The summed E-state index contributed by atoms with van der Waals surface area (Å²) in [4.78, 5) is 25.0. The first-order valence-electron chi connectivity index (χ1n) is 10.4. The Kier molecular flexibility index (Phi) is 6.89. The number of carbonyl (C=O) groups is 1. The van der Waals surface area contributed by atoms with Gasteiger partial charge in [-0.05, 0) is 39.5 Å². The van der Waals surface area contributed by atoms with Crippen LogP contribution in [0.2, 0.25) is 0 Å². The largest absolute Gasteiger partial charge is 0.383 e. The number of methoxy groups -OCH3 is 1. The van der Waals surface area contributed by atoms with E-state index in [9.17, 15) is 9.59 Å². The van der Waals surface area contributed by atoms with E-state index in [-0.39, 0.29) is 17.5 Å². The van der Waals surface area contributed by atoms with Crippen molar-refractivity contribution < 1.29 is 9.53 Å². The number of fused-ring (bicyclic) bond motifs is 1. The maximum absolute atomic E-state index is 12.5. The van der Waals surface area contributed by atoms with E-state index in [0.717, 1.165) is 42.2 Å². The Bertz CT molecular complexity index is 910. The van der Waals surface area contributed by atoms with Gasteiger partial charge in [0.15, 0.2) is 0 Å². The lowest BCUT2D eigenvalue weighted by molar-refractivity contribution is -0.122. The van der Waals surface area contributed by atoms with Gasteiger partial charge in [0.2, 0.25) is 5.91 Å². The molecule has 2 aromatic rings. The average molecular weight is 405 g/mol. The van der Waals surface area contributed by atoms with Crippen LogP contribution in [0.1, 0.15) is 49.0 Å². The van der Waals surface area contributed by atoms with Crippen molar-refractivity contribution >= 4 is 5.91 Å². The predicted molar refractivity (Wildman–Crippen MR) is 109 cm³/mol. The van der Waals surface area contributed by atoms with Gasteiger partial charge in [0, 0.05) is 50.8 Å². The van der Waals surface area contributed by atoms with Crippen LogP contribution in [0.25, 0.3) is 0 Å². The molecule has 2 aromatic heterocycles. The van der Waals surface area contributed by atoms with Crippen molar-refractivity contribution in [1.82, 2.24) is 29.4 Å². The highest BCUT2D eigenvalue weighted by Gasteiger charge is 2.23. The quantitative estimate of drug-likeness (QED) is 0.713. The molecule has 0 spiro atoms. The SMILES string of the molecule is CCn1nc(C)c(CNC(=O)CC2CCc3nn(CCOC)c(=O)n3CC2)c1C. The number of hydrogen-bond acceptors (Lipinski definition) is 5. The van der Waals surface area contributed by atoms with E-state index >= 15 is 0 Å². The molecule has 0 fully saturated rings. The molecule has 0 saturated carbocycles. The number of rotatable bonds is 8. The lowest BCUT2D eigenvalue weighted by atomic mass is 9.96. The fourth-order valence-electron chi connectivity index (χ4n) is 4.03. The second kappa shape index (κ2) is 9.39. The zero-order chi connectivity index (χ0) is 21.0. The third-order valence-corrected chi connectivity index (χ3v) is 5.81. The van der Waals surface area contributed by atoms with Gasteiger partial charge in [-0.25, -0.2) is 9.48 Å². The molecular formula is C20H32N6O3. The van der Waals surface area contributed by atoms with Crippen molar-refractivity contribution in [1.29, 1.82) is 0 Å². The van der Waals surface area contributed by atoms with Gasteiger partial charge in [-0.2, -0.15) is 10.2 Å². The topological polar surface area (TPSA) is 96.0 Å². The highest BCUT2D eigenvalue weighted by molar-refractivity contribution is 5.76. The molecule has 160 valence electrons. The number of nitrogens with zero attached hydrogens (tertiary/aromatic N) is 5. The summed E-state index contributed by atoms with van der Waals surface area (Å²) in [5.74, 6) is 1.12. The molecule has 3 rings (SSSR count). The Hall–Kier alpha value is -2.42. The molecule has 1 aliphatic heterocycles. The van der Waals surface area contributed by atoms with E-state index in [4.69, 9.17) is 4.74 Å². The van der Waals surface area contributed by atoms with Crippen molar-refractivity contribution in [2.24, 2.45) is 5.92 Å². The summed E-state index contributed by atoms with van der Waals surface area (Å²) in [6.45, 7) is 8.96. The second-order valence-electron chi connectivity index (χ2n) is 7.71. The number of aromatic nitrogens is 5. The summed E-state index contributed by atoms with van der Waals surface area (Å²) in [7, 11) is 1.61. The highest BCUT2D eigenvalue weighted by atomic mass is 16.5. The van der Waals surface area contributed by atoms with Crippen LogP contribution in [0, 0.1) is 19.8 Å². The molecule has 3 heterocycles. The summed E-state index contributed by atoms with van der Waals surface area (Å²) < 4.78 is 10.2. The standard InChI is InChI=1S/C20H32N6O3/c1-5-25-15(3)17(14(2)22-25)13-21-19(27)12-16-6-7-18-23-26(10-11-29-4)20(28)24(18)9-8-16/h16H,5-13H2,1-4H3,(H,21,27). The number of hydrogen-bond donors (Lipinski definition) is 1. The van der Waals surface area contributed by atoms with Gasteiger partial charge in [0.05, 0.1) is 18.8 Å². The minimum atomic E-state index is -0.0824. The smallest absolute Gasteiger partial charge is 0.345 e. The fraction of sp³-hybridized carbons (Fsp3) is 0.700. The zero-order valence-electron chi connectivity index (χ0n) is 17.9. The van der Waals surface area contributed by atoms with Crippen LogP contribution in [-0.4, -0.2) is 43.8 Å². The Labute approximate surface area is 171 Å². The third-order valence-electron chi connectivity index (χ3n) is 5.81. The summed E-state index contributed by atoms with van der Waals surface area (Å²) in [5, 5.41) is 12.0. The minimum Gasteiger partial charge on any atom is -0.383 e. The molecule has 1 N–H and O–H groups in total. The van der Waals surface area contributed by atoms with Crippen molar-refractivity contribution in [2.75, 3.05) is 13.7 Å². The number of aryl methyl sites for hydroxylation is 3. The first-order chi connectivity index (χ1) is 13.9. The van der Waals surface area contributed by atoms with Crippen LogP contribution in [0.5, 0.6) is 0 Å². The summed E-state index contributed by atoms with van der Waals surface area (Å²) in [5.41, 5.74) is 3.09. The van der Waals surface area contributed by atoms with Crippen molar-refractivity contribution in [3.8, 4) is 0 Å². The van der Waals surface area contributed by atoms with Crippen LogP contribution in [0.4, 0.5) is 0 Å². The molecule has 9 heteroatoms. The van der Waals surface area contributed by atoms with Crippen LogP contribution in [0.15, 0.2) is 4.79 Å². The Morgan fingerprint density at radius 2 is 2.03 bits per heavy atom. The normalized spacial score (nSPS) is 16.5. The second-order valence-corrected chi connectivity index (χ2v) is 7.71. The average Bonchev–Trinajstić information content (AvgIpc) is 3.06. The van der Waals surface area contributed by atoms with Crippen LogP contribution in [-0.2, 0) is 42.1 Å². The molecular weight excluding hydrogens is 372 g/mol. The third kappa shape index (κ3) is 4.77. The van der Waals surface area contributed by atoms with E-state index in [1.54, 1.807) is 11.7 Å². The van der Waals surface area contributed by atoms with Gasteiger partial charge in [0.1, 0.15) is 5.82 Å². The first kappa shape index (κ1) is 21.3. The van der Waals surface area contributed by atoms with Gasteiger partial charge >= 0.3 is 5.69 Å². The van der Waals surface area contributed by atoms with Crippen LogP contribution < -0.4 is 11.0 Å². The van der Waals surface area contributed by atoms with Gasteiger partial charge in [0.25, 0.3) is 0 Å². The fourth-order valence-corrected chi connectivity index (χ4v) is 4.03. The van der Waals surface area contributed by atoms with Crippen LogP contribution in [0.3, 0.4) is 0 Å². The molecule has 0 saturated heterocycles. The monoisotopic (exact) mass is 404 g/mol. The van der Waals surface area contributed by atoms with Gasteiger partial charge in [-0.1, -0.05) is 0 Å². The molecule has 0 aromatic carbocycles. The van der Waals surface area contributed by atoms with Gasteiger partial charge in [-0.3, -0.25) is 14.0 Å². The van der Waals surface area contributed by atoms with Crippen molar-refractivity contribution in [2.45, 2.75) is 72.6 Å².